The SMILES string of the molecule is Cc1ccc(N2C(=O)O[C@H]3CS(=O)(=O)C[C@@H]32)cc1. The number of carbonyl (C=O) groups is 1. The van der Waals surface area contributed by atoms with Crippen molar-refractivity contribution < 1.29 is 17.9 Å². The third-order valence-electron chi connectivity index (χ3n) is 3.36. The van der Waals surface area contributed by atoms with E-state index in [0.717, 1.165) is 5.56 Å². The van der Waals surface area contributed by atoms with E-state index in [9.17, 15) is 13.2 Å². The molecule has 2 fully saturated rings. The van der Waals surface area contributed by atoms with Gasteiger partial charge in [-0.3, -0.25) is 4.90 Å². The first kappa shape index (κ1) is 11.5. The van der Waals surface area contributed by atoms with Crippen molar-refractivity contribution in [2.45, 2.75) is 19.1 Å². The highest BCUT2D eigenvalue weighted by Gasteiger charge is 2.51. The van der Waals surface area contributed by atoms with Crippen LogP contribution in [0.4, 0.5) is 10.5 Å². The van der Waals surface area contributed by atoms with Gasteiger partial charge in [-0.2, -0.15) is 0 Å². The summed E-state index contributed by atoms with van der Waals surface area (Å²) in [6.07, 6.45) is -0.979. The molecule has 2 heterocycles. The van der Waals surface area contributed by atoms with Crippen LogP contribution in [0.3, 0.4) is 0 Å². The Morgan fingerprint density at radius 3 is 2.56 bits per heavy atom. The number of hydrogen-bond donors (Lipinski definition) is 0. The summed E-state index contributed by atoms with van der Waals surface area (Å²) >= 11 is 0. The zero-order valence-electron chi connectivity index (χ0n) is 9.87. The highest BCUT2D eigenvalue weighted by atomic mass is 32.2. The van der Waals surface area contributed by atoms with Crippen LogP contribution in [0.25, 0.3) is 0 Å². The Balaban J connectivity index is 1.96. The number of carbonyl (C=O) groups excluding carboxylic acids is 1. The molecule has 2 aliphatic heterocycles. The van der Waals surface area contributed by atoms with Crippen molar-refractivity contribution in [1.82, 2.24) is 0 Å². The third kappa shape index (κ3) is 1.77. The Morgan fingerprint density at radius 1 is 1.22 bits per heavy atom. The van der Waals surface area contributed by atoms with Crippen molar-refractivity contribution in [3.05, 3.63) is 29.8 Å². The predicted octanol–water partition coefficient (Wildman–Crippen LogP) is 1.12. The second-order valence-electron chi connectivity index (χ2n) is 4.77. The van der Waals surface area contributed by atoms with Gasteiger partial charge in [0.05, 0.1) is 17.5 Å². The quantitative estimate of drug-likeness (QED) is 0.765. The number of fused-ring (bicyclic) bond motifs is 1. The highest BCUT2D eigenvalue weighted by molar-refractivity contribution is 7.91. The standard InChI is InChI=1S/C12H13NO4S/c1-8-2-4-9(5-3-8)13-10-6-18(15,16)7-11(10)17-12(13)14/h2-5,10-11H,6-7H2,1H3/t10-,11-/m0/s1. The summed E-state index contributed by atoms with van der Waals surface area (Å²) in [4.78, 5) is 13.2. The molecule has 1 aromatic rings. The molecule has 3 rings (SSSR count). The minimum absolute atomic E-state index is 0.0166. The average molecular weight is 267 g/mol. The second kappa shape index (κ2) is 3.71. The predicted molar refractivity (Wildman–Crippen MR) is 66.4 cm³/mol. The Morgan fingerprint density at radius 2 is 1.89 bits per heavy atom. The van der Waals surface area contributed by atoms with Gasteiger partial charge in [-0.15, -0.1) is 0 Å². The smallest absolute Gasteiger partial charge is 0.415 e. The van der Waals surface area contributed by atoms with Crippen LogP contribution in [0.15, 0.2) is 24.3 Å². The van der Waals surface area contributed by atoms with Crippen molar-refractivity contribution in [3.8, 4) is 0 Å². The molecular weight excluding hydrogens is 254 g/mol. The van der Waals surface area contributed by atoms with E-state index >= 15 is 0 Å². The number of ether oxygens (including phenoxy) is 1. The molecule has 0 radical (unpaired) electrons. The van der Waals surface area contributed by atoms with Gasteiger partial charge in [-0.25, -0.2) is 13.2 Å². The van der Waals surface area contributed by atoms with E-state index in [1.165, 1.54) is 4.90 Å². The second-order valence-corrected chi connectivity index (χ2v) is 6.93. The van der Waals surface area contributed by atoms with Crippen molar-refractivity contribution in [3.63, 3.8) is 0 Å². The number of hydrogen-bond acceptors (Lipinski definition) is 4. The van der Waals surface area contributed by atoms with Gasteiger partial charge in [0.2, 0.25) is 0 Å². The Labute approximate surface area is 105 Å². The molecular formula is C12H13NO4S. The Hall–Kier alpha value is -1.56. The van der Waals surface area contributed by atoms with Crippen LogP contribution in [0.5, 0.6) is 0 Å². The first-order valence-electron chi connectivity index (χ1n) is 5.73. The molecule has 0 saturated carbocycles. The fourth-order valence-electron chi connectivity index (χ4n) is 2.47. The molecule has 0 bridgehead atoms. The number of nitrogens with zero attached hydrogens (tertiary/aromatic N) is 1. The zero-order valence-corrected chi connectivity index (χ0v) is 10.7. The van der Waals surface area contributed by atoms with Gasteiger partial charge in [0.1, 0.15) is 6.10 Å². The molecule has 0 aliphatic carbocycles. The van der Waals surface area contributed by atoms with E-state index < -0.39 is 22.0 Å². The molecule has 18 heavy (non-hydrogen) atoms. The summed E-state index contributed by atoms with van der Waals surface area (Å²) in [5.74, 6) is -0.0803. The fourth-order valence-corrected chi connectivity index (χ4v) is 4.29. The maximum absolute atomic E-state index is 11.8. The van der Waals surface area contributed by atoms with Crippen LogP contribution >= 0.6 is 0 Å². The summed E-state index contributed by atoms with van der Waals surface area (Å²) in [5, 5.41) is 0. The highest BCUT2D eigenvalue weighted by Crippen LogP contribution is 2.32. The van der Waals surface area contributed by atoms with Crippen LogP contribution < -0.4 is 4.90 Å². The maximum Gasteiger partial charge on any atom is 0.415 e. The minimum atomic E-state index is -3.10. The van der Waals surface area contributed by atoms with Gasteiger partial charge in [0, 0.05) is 5.69 Å². The molecule has 96 valence electrons. The van der Waals surface area contributed by atoms with Crippen LogP contribution in [0, 0.1) is 6.92 Å². The van der Waals surface area contributed by atoms with E-state index in [1.807, 2.05) is 31.2 Å². The number of rotatable bonds is 1. The molecule has 1 amide bonds. The summed E-state index contributed by atoms with van der Waals surface area (Å²) in [7, 11) is -3.10. The van der Waals surface area contributed by atoms with Crippen molar-refractivity contribution in [1.29, 1.82) is 0 Å². The number of amides is 1. The molecule has 6 heteroatoms. The van der Waals surface area contributed by atoms with E-state index in [1.54, 1.807) is 0 Å². The summed E-state index contributed by atoms with van der Waals surface area (Å²) < 4.78 is 28.3. The van der Waals surface area contributed by atoms with Gasteiger partial charge in [-0.1, -0.05) is 17.7 Å². The normalized spacial score (nSPS) is 29.2. The monoisotopic (exact) mass is 267 g/mol. The minimum Gasteiger partial charge on any atom is -0.442 e. The van der Waals surface area contributed by atoms with E-state index in [0.29, 0.717) is 5.69 Å². The molecule has 0 N–H and O–H groups in total. The fraction of sp³-hybridized carbons (Fsp3) is 0.417. The van der Waals surface area contributed by atoms with Crippen molar-refractivity contribution in [2.24, 2.45) is 0 Å². The average Bonchev–Trinajstić information content (AvgIpc) is 2.70. The third-order valence-corrected chi connectivity index (χ3v) is 5.05. The number of benzene rings is 1. The molecule has 1 aromatic carbocycles. The lowest BCUT2D eigenvalue weighted by Crippen LogP contribution is -2.36. The molecule has 2 atom stereocenters. The van der Waals surface area contributed by atoms with E-state index in [2.05, 4.69) is 0 Å². The molecule has 0 aromatic heterocycles. The van der Waals surface area contributed by atoms with Crippen LogP contribution in [-0.4, -0.2) is 38.2 Å². The van der Waals surface area contributed by atoms with Crippen molar-refractivity contribution >= 4 is 21.6 Å². The zero-order chi connectivity index (χ0) is 12.9. The Kier molecular flexibility index (Phi) is 2.38. The molecule has 2 saturated heterocycles. The summed E-state index contributed by atoms with van der Waals surface area (Å²) in [6.45, 7) is 1.95. The van der Waals surface area contributed by atoms with Gasteiger partial charge in [-0.05, 0) is 19.1 Å². The van der Waals surface area contributed by atoms with Crippen molar-refractivity contribution in [2.75, 3.05) is 16.4 Å². The van der Waals surface area contributed by atoms with E-state index in [4.69, 9.17) is 4.74 Å². The number of sulfone groups is 1. The van der Waals surface area contributed by atoms with Gasteiger partial charge in [0.25, 0.3) is 0 Å². The topological polar surface area (TPSA) is 63.7 Å². The van der Waals surface area contributed by atoms with E-state index in [-0.39, 0.29) is 17.5 Å². The van der Waals surface area contributed by atoms with Crippen LogP contribution in [0.1, 0.15) is 5.56 Å². The molecule has 0 unspecified atom stereocenters. The van der Waals surface area contributed by atoms with Gasteiger partial charge < -0.3 is 4.74 Å². The lowest BCUT2D eigenvalue weighted by molar-refractivity contribution is 0.147. The first-order chi connectivity index (χ1) is 8.46. The van der Waals surface area contributed by atoms with Gasteiger partial charge in [0.15, 0.2) is 9.84 Å². The first-order valence-corrected chi connectivity index (χ1v) is 7.55. The summed E-state index contributed by atoms with van der Waals surface area (Å²) in [6, 6.07) is 7.01. The van der Waals surface area contributed by atoms with Crippen LogP contribution in [-0.2, 0) is 14.6 Å². The van der Waals surface area contributed by atoms with Gasteiger partial charge >= 0.3 is 6.09 Å². The largest absolute Gasteiger partial charge is 0.442 e. The Bertz CT molecular complexity index is 593. The molecule has 5 nitrogen and oxygen atoms in total. The maximum atomic E-state index is 11.8. The number of aryl methyl sites for hydroxylation is 1. The van der Waals surface area contributed by atoms with Crippen LogP contribution in [0.2, 0.25) is 0 Å². The summed E-state index contributed by atoms with van der Waals surface area (Å²) in [5.41, 5.74) is 1.78. The molecule has 2 aliphatic rings. The lowest BCUT2D eigenvalue weighted by atomic mass is 10.1. The molecule has 0 spiro atoms. The number of anilines is 1. The lowest BCUT2D eigenvalue weighted by Gasteiger charge is -2.19.